The SMILES string of the molecule is COc1ccc(S(=O)(=O)N(CC(=O)N/N=C(/C)c2ccc(NC(=O)c3ccccc3)cc2)c2ccc(C)cc2)cc1Br. The van der Waals surface area contributed by atoms with E-state index in [2.05, 4.69) is 31.8 Å². The van der Waals surface area contributed by atoms with Crippen LogP contribution in [0.3, 0.4) is 0 Å². The summed E-state index contributed by atoms with van der Waals surface area (Å²) in [6.07, 6.45) is 0. The van der Waals surface area contributed by atoms with Crippen molar-refractivity contribution in [3.63, 3.8) is 0 Å². The van der Waals surface area contributed by atoms with Gasteiger partial charge in [-0.05, 0) is 89.9 Å². The van der Waals surface area contributed by atoms with Gasteiger partial charge in [0.2, 0.25) is 0 Å². The summed E-state index contributed by atoms with van der Waals surface area (Å²) in [6, 6.07) is 27.1. The third kappa shape index (κ3) is 7.42. The molecule has 0 bridgehead atoms. The van der Waals surface area contributed by atoms with Crippen LogP contribution in [0.15, 0.2) is 112 Å². The van der Waals surface area contributed by atoms with E-state index in [-0.39, 0.29) is 10.8 Å². The highest BCUT2D eigenvalue weighted by Gasteiger charge is 2.28. The number of anilines is 2. The number of halogens is 1. The summed E-state index contributed by atoms with van der Waals surface area (Å²) in [7, 11) is -2.65. The lowest BCUT2D eigenvalue weighted by molar-refractivity contribution is -0.119. The van der Waals surface area contributed by atoms with Gasteiger partial charge in [-0.25, -0.2) is 13.8 Å². The number of ether oxygens (including phenoxy) is 1. The first-order chi connectivity index (χ1) is 20.1. The Hall–Kier alpha value is -4.48. The zero-order valence-corrected chi connectivity index (χ0v) is 25.6. The van der Waals surface area contributed by atoms with Crippen LogP contribution in [0.1, 0.15) is 28.4 Å². The summed E-state index contributed by atoms with van der Waals surface area (Å²) in [5.74, 6) is -0.376. The van der Waals surface area contributed by atoms with Gasteiger partial charge in [-0.3, -0.25) is 13.9 Å². The second-order valence-electron chi connectivity index (χ2n) is 9.27. The first kappa shape index (κ1) is 30.5. The molecular formula is C31H29BrN4O5S. The molecule has 0 radical (unpaired) electrons. The number of aryl methyl sites for hydroxylation is 1. The van der Waals surface area contributed by atoms with Gasteiger partial charge in [-0.1, -0.05) is 48.0 Å². The standard InChI is InChI=1S/C31H29BrN4O5S/c1-21-9-15-26(16-10-21)36(42(39,40)27-17-18-29(41-3)28(32)19-27)20-30(37)35-34-22(2)23-11-13-25(14-12-23)33-31(38)24-7-5-4-6-8-24/h4-19H,20H2,1-3H3,(H,33,38)(H,35,37)/b34-22-. The maximum Gasteiger partial charge on any atom is 0.264 e. The van der Waals surface area contributed by atoms with Gasteiger partial charge in [-0.15, -0.1) is 0 Å². The number of methoxy groups -OCH3 is 1. The number of hydrogen-bond donors (Lipinski definition) is 2. The van der Waals surface area contributed by atoms with Gasteiger partial charge in [0.05, 0.1) is 27.9 Å². The van der Waals surface area contributed by atoms with Crippen LogP contribution in [0.5, 0.6) is 5.75 Å². The molecule has 0 atom stereocenters. The quantitative estimate of drug-likeness (QED) is 0.168. The smallest absolute Gasteiger partial charge is 0.264 e. The third-order valence-electron chi connectivity index (χ3n) is 6.27. The largest absolute Gasteiger partial charge is 0.496 e. The van der Waals surface area contributed by atoms with E-state index in [1.165, 1.54) is 25.3 Å². The summed E-state index contributed by atoms with van der Waals surface area (Å²) in [5.41, 5.74) is 6.08. The van der Waals surface area contributed by atoms with Crippen molar-refractivity contribution in [2.75, 3.05) is 23.3 Å². The van der Waals surface area contributed by atoms with Gasteiger partial charge in [0.25, 0.3) is 21.8 Å². The zero-order valence-electron chi connectivity index (χ0n) is 23.2. The topological polar surface area (TPSA) is 117 Å². The lowest BCUT2D eigenvalue weighted by Crippen LogP contribution is -2.39. The molecule has 4 aromatic rings. The van der Waals surface area contributed by atoms with E-state index in [1.807, 2.05) is 13.0 Å². The number of amides is 2. The van der Waals surface area contributed by atoms with Crippen molar-refractivity contribution >= 4 is 54.9 Å². The maximum absolute atomic E-state index is 13.7. The minimum absolute atomic E-state index is 0.0114. The van der Waals surface area contributed by atoms with E-state index in [0.717, 1.165) is 9.87 Å². The molecule has 42 heavy (non-hydrogen) atoms. The molecule has 2 amide bonds. The Labute approximate surface area is 253 Å². The van der Waals surface area contributed by atoms with E-state index < -0.39 is 22.5 Å². The number of rotatable bonds is 10. The van der Waals surface area contributed by atoms with Crippen molar-refractivity contribution in [2.24, 2.45) is 5.10 Å². The second-order valence-corrected chi connectivity index (χ2v) is 12.0. The predicted octanol–water partition coefficient (Wildman–Crippen LogP) is 5.75. The van der Waals surface area contributed by atoms with Crippen LogP contribution in [-0.4, -0.2) is 39.6 Å². The zero-order chi connectivity index (χ0) is 30.3. The monoisotopic (exact) mass is 648 g/mol. The third-order valence-corrected chi connectivity index (χ3v) is 8.65. The average Bonchev–Trinajstić information content (AvgIpc) is 3.00. The van der Waals surface area contributed by atoms with Gasteiger partial charge in [0, 0.05) is 11.3 Å². The molecule has 0 aromatic heterocycles. The van der Waals surface area contributed by atoms with Crippen LogP contribution in [0.25, 0.3) is 0 Å². The summed E-state index contributed by atoms with van der Waals surface area (Å²) >= 11 is 3.33. The fourth-order valence-electron chi connectivity index (χ4n) is 3.92. The highest BCUT2D eigenvalue weighted by Crippen LogP contribution is 2.30. The van der Waals surface area contributed by atoms with Crippen molar-refractivity contribution in [3.05, 3.63) is 118 Å². The Bertz CT molecular complexity index is 1710. The number of carbonyl (C=O) groups excluding carboxylic acids is 2. The van der Waals surface area contributed by atoms with E-state index in [4.69, 9.17) is 4.74 Å². The number of carbonyl (C=O) groups is 2. The van der Waals surface area contributed by atoms with Crippen LogP contribution in [0.4, 0.5) is 11.4 Å². The number of sulfonamides is 1. The van der Waals surface area contributed by atoms with Gasteiger partial charge < -0.3 is 10.1 Å². The molecule has 0 saturated heterocycles. The lowest BCUT2D eigenvalue weighted by atomic mass is 10.1. The summed E-state index contributed by atoms with van der Waals surface area (Å²) < 4.78 is 34.1. The fraction of sp³-hybridized carbons (Fsp3) is 0.129. The molecule has 0 aliphatic carbocycles. The molecule has 4 rings (SSSR count). The van der Waals surface area contributed by atoms with E-state index in [9.17, 15) is 18.0 Å². The van der Waals surface area contributed by atoms with Crippen molar-refractivity contribution in [1.82, 2.24) is 5.43 Å². The lowest BCUT2D eigenvalue weighted by Gasteiger charge is -2.24. The molecule has 0 fully saturated rings. The highest BCUT2D eigenvalue weighted by atomic mass is 79.9. The molecule has 0 aliphatic rings. The molecule has 0 spiro atoms. The molecular weight excluding hydrogens is 620 g/mol. The molecule has 0 aliphatic heterocycles. The van der Waals surface area contributed by atoms with Gasteiger partial charge >= 0.3 is 0 Å². The summed E-state index contributed by atoms with van der Waals surface area (Å²) in [6.45, 7) is 3.09. The van der Waals surface area contributed by atoms with E-state index >= 15 is 0 Å². The van der Waals surface area contributed by atoms with Crippen LogP contribution in [0, 0.1) is 6.92 Å². The molecule has 0 saturated carbocycles. The fourth-order valence-corrected chi connectivity index (χ4v) is 6.06. The average molecular weight is 650 g/mol. The number of benzene rings is 4. The van der Waals surface area contributed by atoms with Gasteiger partial charge in [0.1, 0.15) is 12.3 Å². The summed E-state index contributed by atoms with van der Waals surface area (Å²) in [5, 5.41) is 7.00. The Balaban J connectivity index is 1.48. The molecule has 9 nitrogen and oxygen atoms in total. The molecule has 11 heteroatoms. The first-order valence-corrected chi connectivity index (χ1v) is 15.0. The normalized spacial score (nSPS) is 11.5. The number of hydrazone groups is 1. The van der Waals surface area contributed by atoms with Gasteiger partial charge in [0.15, 0.2) is 0 Å². The molecule has 2 N–H and O–H groups in total. The first-order valence-electron chi connectivity index (χ1n) is 12.8. The number of nitrogens with one attached hydrogen (secondary N) is 2. The Morgan fingerprint density at radius 2 is 1.57 bits per heavy atom. The van der Waals surface area contributed by atoms with Crippen molar-refractivity contribution in [1.29, 1.82) is 0 Å². The Kier molecular flexibility index (Phi) is 9.76. The van der Waals surface area contributed by atoms with Gasteiger partial charge in [-0.2, -0.15) is 5.10 Å². The number of hydrogen-bond acceptors (Lipinski definition) is 6. The predicted molar refractivity (Wildman–Crippen MR) is 168 cm³/mol. The molecule has 4 aromatic carbocycles. The molecule has 0 heterocycles. The number of nitrogens with zero attached hydrogens (tertiary/aromatic N) is 2. The maximum atomic E-state index is 13.7. The summed E-state index contributed by atoms with van der Waals surface area (Å²) in [4.78, 5) is 25.4. The van der Waals surface area contributed by atoms with Crippen LogP contribution in [0.2, 0.25) is 0 Å². The van der Waals surface area contributed by atoms with E-state index in [1.54, 1.807) is 79.7 Å². The van der Waals surface area contributed by atoms with Crippen LogP contribution in [-0.2, 0) is 14.8 Å². The Morgan fingerprint density at radius 1 is 0.905 bits per heavy atom. The van der Waals surface area contributed by atoms with Crippen molar-refractivity contribution < 1.29 is 22.7 Å². The molecule has 216 valence electrons. The Morgan fingerprint density at radius 3 is 2.19 bits per heavy atom. The minimum atomic E-state index is -4.13. The van der Waals surface area contributed by atoms with Crippen molar-refractivity contribution in [3.8, 4) is 5.75 Å². The highest BCUT2D eigenvalue weighted by molar-refractivity contribution is 9.10. The second kappa shape index (κ2) is 13.5. The molecule has 0 unspecified atom stereocenters. The van der Waals surface area contributed by atoms with Crippen molar-refractivity contribution in [2.45, 2.75) is 18.7 Å². The van der Waals surface area contributed by atoms with Crippen LogP contribution < -0.4 is 19.8 Å². The van der Waals surface area contributed by atoms with E-state index in [0.29, 0.717) is 38.4 Å². The van der Waals surface area contributed by atoms with Crippen LogP contribution >= 0.6 is 15.9 Å². The minimum Gasteiger partial charge on any atom is -0.496 e.